The summed E-state index contributed by atoms with van der Waals surface area (Å²) >= 11 is 9.24. The molecule has 176 valence electrons. The van der Waals surface area contributed by atoms with E-state index in [2.05, 4.69) is 31.2 Å². The molecule has 3 aromatic carbocycles. The van der Waals surface area contributed by atoms with E-state index in [1.807, 2.05) is 60.7 Å². The van der Waals surface area contributed by atoms with Gasteiger partial charge in [0.2, 0.25) is 5.91 Å². The summed E-state index contributed by atoms with van der Waals surface area (Å²) in [5.74, 6) is 0.534. The molecular weight excluding hydrogens is 584 g/mol. The Hall–Kier alpha value is -2.44. The molecule has 35 heavy (non-hydrogen) atoms. The second-order valence-corrected chi connectivity index (χ2v) is 12.8. The summed E-state index contributed by atoms with van der Waals surface area (Å²) in [4.78, 5) is 34.1. The third-order valence-electron chi connectivity index (χ3n) is 4.87. The first-order valence-electron chi connectivity index (χ1n) is 10.3. The molecular formula is C24H17BrN4O2S4. The number of ketones is 1. The predicted molar refractivity (Wildman–Crippen MR) is 152 cm³/mol. The average molecular weight is 602 g/mol. The topological polar surface area (TPSA) is 98.0 Å². The van der Waals surface area contributed by atoms with Gasteiger partial charge < -0.3 is 11.1 Å². The predicted octanol–water partition coefficient (Wildman–Crippen LogP) is 6.96. The SMILES string of the molecule is Nc1ccc2nc(SCC(=O)Nc3ccc4nc(SCC(=O)c5ccc(Br)cc5)sc4c3)sc2c1. The Bertz CT molecular complexity index is 1550. The summed E-state index contributed by atoms with van der Waals surface area (Å²) in [5, 5.41) is 2.94. The molecule has 11 heteroatoms. The highest BCUT2D eigenvalue weighted by atomic mass is 79.9. The quantitative estimate of drug-likeness (QED) is 0.113. The number of amides is 1. The van der Waals surface area contributed by atoms with E-state index in [-0.39, 0.29) is 17.4 Å². The summed E-state index contributed by atoms with van der Waals surface area (Å²) in [5.41, 5.74) is 9.65. The molecule has 5 aromatic rings. The Balaban J connectivity index is 1.17. The van der Waals surface area contributed by atoms with Crippen molar-refractivity contribution in [1.82, 2.24) is 9.97 Å². The van der Waals surface area contributed by atoms with Crippen molar-refractivity contribution in [3.63, 3.8) is 0 Å². The molecule has 1 amide bonds. The number of carbonyl (C=O) groups is 2. The maximum absolute atomic E-state index is 12.5. The molecule has 0 radical (unpaired) electrons. The number of nitrogens with one attached hydrogen (secondary N) is 1. The van der Waals surface area contributed by atoms with Crippen molar-refractivity contribution in [1.29, 1.82) is 0 Å². The van der Waals surface area contributed by atoms with E-state index < -0.39 is 0 Å². The zero-order valence-electron chi connectivity index (χ0n) is 18.0. The Morgan fingerprint density at radius 3 is 2.20 bits per heavy atom. The molecule has 0 aliphatic rings. The molecule has 0 atom stereocenters. The summed E-state index contributed by atoms with van der Waals surface area (Å²) < 4.78 is 4.56. The number of Topliss-reactive ketones (excluding diaryl/α,β-unsaturated/α-hetero) is 1. The monoisotopic (exact) mass is 600 g/mol. The van der Waals surface area contributed by atoms with Crippen LogP contribution in [0.25, 0.3) is 20.4 Å². The van der Waals surface area contributed by atoms with Crippen molar-refractivity contribution in [3.8, 4) is 0 Å². The Morgan fingerprint density at radius 2 is 1.49 bits per heavy atom. The summed E-state index contributed by atoms with van der Waals surface area (Å²) in [6.07, 6.45) is 0. The van der Waals surface area contributed by atoms with Crippen LogP contribution >= 0.6 is 62.1 Å². The number of carbonyl (C=O) groups excluding carboxylic acids is 2. The van der Waals surface area contributed by atoms with Crippen LogP contribution in [0.2, 0.25) is 0 Å². The van der Waals surface area contributed by atoms with Gasteiger partial charge in [-0.1, -0.05) is 51.6 Å². The van der Waals surface area contributed by atoms with E-state index >= 15 is 0 Å². The number of nitrogen functional groups attached to an aromatic ring is 1. The van der Waals surface area contributed by atoms with Crippen molar-refractivity contribution >= 4 is 106 Å². The normalized spacial score (nSPS) is 11.2. The van der Waals surface area contributed by atoms with Gasteiger partial charge in [0.1, 0.15) is 0 Å². The van der Waals surface area contributed by atoms with Gasteiger partial charge in [0.05, 0.1) is 31.9 Å². The molecule has 0 saturated heterocycles. The number of halogens is 1. The summed E-state index contributed by atoms with van der Waals surface area (Å²) in [6.45, 7) is 0. The van der Waals surface area contributed by atoms with E-state index in [4.69, 9.17) is 5.73 Å². The van der Waals surface area contributed by atoms with Crippen LogP contribution in [0.1, 0.15) is 10.4 Å². The minimum atomic E-state index is -0.104. The number of rotatable bonds is 8. The number of nitrogens with zero attached hydrogens (tertiary/aromatic N) is 2. The number of hydrogen-bond donors (Lipinski definition) is 2. The lowest BCUT2D eigenvalue weighted by atomic mass is 10.2. The second-order valence-electron chi connectivity index (χ2n) is 7.42. The van der Waals surface area contributed by atoms with Gasteiger partial charge in [-0.2, -0.15) is 0 Å². The first-order chi connectivity index (χ1) is 16.9. The van der Waals surface area contributed by atoms with Crippen LogP contribution in [-0.2, 0) is 4.79 Å². The fourth-order valence-electron chi connectivity index (χ4n) is 3.20. The lowest BCUT2D eigenvalue weighted by molar-refractivity contribution is -0.113. The van der Waals surface area contributed by atoms with Gasteiger partial charge in [-0.3, -0.25) is 9.59 Å². The zero-order valence-corrected chi connectivity index (χ0v) is 22.8. The zero-order chi connectivity index (χ0) is 24.4. The van der Waals surface area contributed by atoms with Crippen molar-refractivity contribution in [2.45, 2.75) is 8.68 Å². The molecule has 0 aliphatic carbocycles. The molecule has 0 saturated carbocycles. The van der Waals surface area contributed by atoms with Crippen molar-refractivity contribution in [2.24, 2.45) is 0 Å². The van der Waals surface area contributed by atoms with Gasteiger partial charge in [0, 0.05) is 21.4 Å². The molecule has 5 rings (SSSR count). The minimum Gasteiger partial charge on any atom is -0.399 e. The summed E-state index contributed by atoms with van der Waals surface area (Å²) in [7, 11) is 0. The molecule has 2 aromatic heterocycles. The van der Waals surface area contributed by atoms with Gasteiger partial charge in [-0.15, -0.1) is 22.7 Å². The third kappa shape index (κ3) is 6.04. The number of hydrogen-bond acceptors (Lipinski definition) is 9. The molecule has 0 fully saturated rings. The van der Waals surface area contributed by atoms with Crippen LogP contribution in [-0.4, -0.2) is 33.2 Å². The number of benzene rings is 3. The van der Waals surface area contributed by atoms with Crippen LogP contribution in [0.4, 0.5) is 11.4 Å². The molecule has 3 N–H and O–H groups in total. The van der Waals surface area contributed by atoms with Crippen LogP contribution in [0.15, 0.2) is 73.8 Å². The largest absolute Gasteiger partial charge is 0.399 e. The molecule has 0 bridgehead atoms. The van der Waals surface area contributed by atoms with Crippen LogP contribution in [0.3, 0.4) is 0 Å². The fraction of sp³-hybridized carbons (Fsp3) is 0.0833. The van der Waals surface area contributed by atoms with E-state index in [9.17, 15) is 9.59 Å². The molecule has 2 heterocycles. The highest BCUT2D eigenvalue weighted by Crippen LogP contribution is 2.33. The minimum absolute atomic E-state index is 0.0591. The van der Waals surface area contributed by atoms with Gasteiger partial charge in [-0.25, -0.2) is 9.97 Å². The van der Waals surface area contributed by atoms with Gasteiger partial charge >= 0.3 is 0 Å². The molecule has 0 spiro atoms. The van der Waals surface area contributed by atoms with Gasteiger partial charge in [0.25, 0.3) is 0 Å². The number of anilines is 2. The average Bonchev–Trinajstić information content (AvgIpc) is 3.44. The lowest BCUT2D eigenvalue weighted by Crippen LogP contribution is -2.13. The van der Waals surface area contributed by atoms with E-state index in [0.29, 0.717) is 22.7 Å². The van der Waals surface area contributed by atoms with E-state index in [0.717, 1.165) is 33.6 Å². The van der Waals surface area contributed by atoms with E-state index in [1.54, 1.807) is 0 Å². The molecule has 0 unspecified atom stereocenters. The number of fused-ring (bicyclic) bond motifs is 2. The van der Waals surface area contributed by atoms with Crippen molar-refractivity contribution < 1.29 is 9.59 Å². The van der Waals surface area contributed by atoms with Crippen molar-refractivity contribution in [2.75, 3.05) is 22.6 Å². The highest BCUT2D eigenvalue weighted by molar-refractivity contribution is 9.10. The lowest BCUT2D eigenvalue weighted by Gasteiger charge is -2.03. The first-order valence-corrected chi connectivity index (χ1v) is 14.7. The maximum atomic E-state index is 12.5. The van der Waals surface area contributed by atoms with Gasteiger partial charge in [-0.05, 0) is 48.5 Å². The first kappa shape index (κ1) is 24.3. The Morgan fingerprint density at radius 1 is 0.857 bits per heavy atom. The Labute approximate surface area is 225 Å². The molecule has 6 nitrogen and oxygen atoms in total. The third-order valence-corrected chi connectivity index (χ3v) is 9.72. The van der Waals surface area contributed by atoms with Crippen LogP contribution in [0.5, 0.6) is 0 Å². The smallest absolute Gasteiger partial charge is 0.234 e. The van der Waals surface area contributed by atoms with Gasteiger partial charge in [0.15, 0.2) is 14.5 Å². The Kier molecular flexibility index (Phi) is 7.40. The maximum Gasteiger partial charge on any atom is 0.234 e. The van der Waals surface area contributed by atoms with Crippen molar-refractivity contribution in [3.05, 3.63) is 70.7 Å². The number of aromatic nitrogens is 2. The van der Waals surface area contributed by atoms with E-state index in [1.165, 1.54) is 46.2 Å². The standard InChI is InChI=1S/C24H17BrN4O2S4/c25-14-3-1-13(2-4-14)19(30)11-32-23-29-18-8-6-16(10-21(18)35-23)27-22(31)12-33-24-28-17-7-5-15(26)9-20(17)34-24/h1-10H,11-12,26H2,(H,27,31). The van der Waals surface area contributed by atoms with Crippen LogP contribution < -0.4 is 11.1 Å². The number of thioether (sulfide) groups is 2. The van der Waals surface area contributed by atoms with Crippen LogP contribution in [0, 0.1) is 0 Å². The summed E-state index contributed by atoms with van der Waals surface area (Å²) in [6, 6.07) is 18.6. The molecule has 0 aliphatic heterocycles. The second kappa shape index (κ2) is 10.7. The number of thiazole rings is 2. The fourth-order valence-corrected chi connectivity index (χ4v) is 7.38. The number of nitrogens with two attached hydrogens (primary N) is 1. The highest BCUT2D eigenvalue weighted by Gasteiger charge is 2.12.